The Labute approximate surface area is 229 Å². The molecule has 0 saturated carbocycles. The van der Waals surface area contributed by atoms with E-state index in [1.807, 2.05) is 0 Å². The highest BCUT2D eigenvalue weighted by Gasteiger charge is 2.35. The van der Waals surface area contributed by atoms with Crippen molar-refractivity contribution in [3.8, 4) is 33.4 Å². The van der Waals surface area contributed by atoms with Crippen molar-refractivity contribution in [3.05, 3.63) is 145 Å². The zero-order chi connectivity index (χ0) is 26.1. The van der Waals surface area contributed by atoms with Gasteiger partial charge in [-0.15, -0.1) is 0 Å². The summed E-state index contributed by atoms with van der Waals surface area (Å²) in [6.45, 7) is 4.68. The van der Waals surface area contributed by atoms with E-state index in [0.717, 1.165) is 0 Å². The lowest BCUT2D eigenvalue weighted by Crippen LogP contribution is -2.14. The molecule has 0 unspecified atom stereocenters. The van der Waals surface area contributed by atoms with Crippen LogP contribution in [0.5, 0.6) is 0 Å². The zero-order valence-electron chi connectivity index (χ0n) is 22.2. The first-order valence-corrected chi connectivity index (χ1v) is 13.8. The Kier molecular flexibility index (Phi) is 4.67. The molecule has 0 aromatic heterocycles. The van der Waals surface area contributed by atoms with Gasteiger partial charge in [-0.05, 0) is 89.0 Å². The molecule has 0 heterocycles. The average molecular weight is 497 g/mol. The number of hydrogen-bond donors (Lipinski definition) is 0. The molecule has 0 atom stereocenters. The van der Waals surface area contributed by atoms with Crippen LogP contribution in [0.1, 0.15) is 25.0 Å². The van der Waals surface area contributed by atoms with Crippen molar-refractivity contribution in [3.63, 3.8) is 0 Å². The van der Waals surface area contributed by atoms with Gasteiger partial charge in [-0.1, -0.05) is 135 Å². The van der Waals surface area contributed by atoms with E-state index in [4.69, 9.17) is 0 Å². The molecule has 0 N–H and O–H groups in total. The minimum Gasteiger partial charge on any atom is -0.0619 e. The summed E-state index contributed by atoms with van der Waals surface area (Å²) < 4.78 is 0. The Balaban J connectivity index is 1.34. The van der Waals surface area contributed by atoms with E-state index in [1.165, 1.54) is 76.8 Å². The zero-order valence-corrected chi connectivity index (χ0v) is 22.2. The lowest BCUT2D eigenvalue weighted by Gasteiger charge is -2.21. The van der Waals surface area contributed by atoms with E-state index < -0.39 is 0 Å². The molecule has 0 amide bonds. The van der Waals surface area contributed by atoms with Crippen molar-refractivity contribution in [1.29, 1.82) is 0 Å². The van der Waals surface area contributed by atoms with E-state index >= 15 is 0 Å². The van der Waals surface area contributed by atoms with Gasteiger partial charge < -0.3 is 0 Å². The molecule has 0 radical (unpaired) electrons. The highest BCUT2D eigenvalue weighted by molar-refractivity contribution is 6.28. The lowest BCUT2D eigenvalue weighted by molar-refractivity contribution is 0.660. The SMILES string of the molecule is CC1(C)c2ccccc2-c2cc(-c3cccc(-c4cccc5c6ccccc6c6ccccc6c45)c3)ccc21. The standard InChI is InChI=1S/C39H28/c1-39(2)36-20-8-7-16-32(36)35-24-26(21-22-37(35)39)25-11-9-12-27(23-25)28-18-10-19-34-31-14-4-3-13-29(31)30-15-5-6-17-33(30)38(28)34/h3-24H,1-2H3. The molecule has 0 fully saturated rings. The van der Waals surface area contributed by atoms with E-state index in [1.54, 1.807) is 0 Å². The molecule has 0 aliphatic heterocycles. The van der Waals surface area contributed by atoms with Crippen LogP contribution in [-0.2, 0) is 5.41 Å². The maximum absolute atomic E-state index is 2.40. The third-order valence-electron chi connectivity index (χ3n) is 8.86. The third kappa shape index (κ3) is 3.18. The van der Waals surface area contributed by atoms with Crippen molar-refractivity contribution < 1.29 is 0 Å². The minimum absolute atomic E-state index is 0.0269. The van der Waals surface area contributed by atoms with Crippen molar-refractivity contribution in [2.45, 2.75) is 19.3 Å². The highest BCUT2D eigenvalue weighted by atomic mass is 14.4. The molecular formula is C39H28. The Hall–Kier alpha value is -4.68. The van der Waals surface area contributed by atoms with Crippen LogP contribution in [-0.4, -0.2) is 0 Å². The second kappa shape index (κ2) is 8.16. The maximum Gasteiger partial charge on any atom is 0.0158 e. The van der Waals surface area contributed by atoms with E-state index in [-0.39, 0.29) is 5.41 Å². The van der Waals surface area contributed by atoms with Crippen molar-refractivity contribution in [2.24, 2.45) is 0 Å². The normalized spacial score (nSPS) is 13.6. The first-order valence-electron chi connectivity index (χ1n) is 13.8. The predicted octanol–water partition coefficient (Wildman–Crippen LogP) is 10.8. The minimum atomic E-state index is 0.0269. The summed E-state index contributed by atoms with van der Waals surface area (Å²) in [6, 6.07) is 49.4. The molecule has 0 heteroatoms. The van der Waals surface area contributed by atoms with Gasteiger partial charge in [0.25, 0.3) is 0 Å². The molecule has 7 aromatic carbocycles. The predicted molar refractivity (Wildman–Crippen MR) is 167 cm³/mol. The number of benzene rings is 7. The molecule has 7 aromatic rings. The molecule has 184 valence electrons. The fourth-order valence-corrected chi connectivity index (χ4v) is 6.96. The Bertz CT molecular complexity index is 2050. The van der Waals surface area contributed by atoms with Crippen LogP contribution in [0.25, 0.3) is 65.7 Å². The van der Waals surface area contributed by atoms with Crippen LogP contribution >= 0.6 is 0 Å². The summed E-state index contributed by atoms with van der Waals surface area (Å²) in [5.41, 5.74) is 10.6. The van der Waals surface area contributed by atoms with Gasteiger partial charge in [-0.2, -0.15) is 0 Å². The Morgan fingerprint density at radius 2 is 0.872 bits per heavy atom. The van der Waals surface area contributed by atoms with Crippen LogP contribution < -0.4 is 0 Å². The summed E-state index contributed by atoms with van der Waals surface area (Å²) in [4.78, 5) is 0. The molecule has 0 saturated heterocycles. The van der Waals surface area contributed by atoms with Gasteiger partial charge >= 0.3 is 0 Å². The highest BCUT2D eigenvalue weighted by Crippen LogP contribution is 2.49. The smallest absolute Gasteiger partial charge is 0.0158 e. The van der Waals surface area contributed by atoms with Gasteiger partial charge in [-0.3, -0.25) is 0 Å². The Morgan fingerprint density at radius 1 is 0.359 bits per heavy atom. The summed E-state index contributed by atoms with van der Waals surface area (Å²) in [7, 11) is 0. The summed E-state index contributed by atoms with van der Waals surface area (Å²) in [5, 5.41) is 7.88. The van der Waals surface area contributed by atoms with Gasteiger partial charge in [0.2, 0.25) is 0 Å². The van der Waals surface area contributed by atoms with Crippen molar-refractivity contribution in [1.82, 2.24) is 0 Å². The summed E-state index contributed by atoms with van der Waals surface area (Å²) >= 11 is 0. The van der Waals surface area contributed by atoms with Crippen LogP contribution in [0.3, 0.4) is 0 Å². The Morgan fingerprint density at radius 3 is 1.64 bits per heavy atom. The first kappa shape index (κ1) is 22.3. The second-order valence-electron chi connectivity index (χ2n) is 11.3. The maximum atomic E-state index is 2.40. The largest absolute Gasteiger partial charge is 0.0619 e. The molecule has 8 rings (SSSR count). The van der Waals surface area contributed by atoms with Gasteiger partial charge in [-0.25, -0.2) is 0 Å². The van der Waals surface area contributed by atoms with Crippen LogP contribution in [0.15, 0.2) is 133 Å². The molecule has 0 bridgehead atoms. The fourth-order valence-electron chi connectivity index (χ4n) is 6.96. The average Bonchev–Trinajstić information content (AvgIpc) is 3.23. The summed E-state index contributed by atoms with van der Waals surface area (Å²) in [6.07, 6.45) is 0. The van der Waals surface area contributed by atoms with Crippen LogP contribution in [0, 0.1) is 0 Å². The molecular weight excluding hydrogens is 468 g/mol. The third-order valence-corrected chi connectivity index (χ3v) is 8.86. The van der Waals surface area contributed by atoms with Gasteiger partial charge in [0, 0.05) is 5.41 Å². The molecule has 1 aliphatic rings. The van der Waals surface area contributed by atoms with E-state index in [9.17, 15) is 0 Å². The van der Waals surface area contributed by atoms with Crippen molar-refractivity contribution >= 4 is 32.3 Å². The second-order valence-corrected chi connectivity index (χ2v) is 11.3. The molecule has 1 aliphatic carbocycles. The lowest BCUT2D eigenvalue weighted by atomic mass is 9.82. The van der Waals surface area contributed by atoms with Gasteiger partial charge in [0.15, 0.2) is 0 Å². The molecule has 0 spiro atoms. The van der Waals surface area contributed by atoms with Crippen molar-refractivity contribution in [2.75, 3.05) is 0 Å². The fraction of sp³-hybridized carbons (Fsp3) is 0.0769. The van der Waals surface area contributed by atoms with E-state index in [0.29, 0.717) is 0 Å². The van der Waals surface area contributed by atoms with Crippen LogP contribution in [0.2, 0.25) is 0 Å². The monoisotopic (exact) mass is 496 g/mol. The number of rotatable bonds is 2. The topological polar surface area (TPSA) is 0 Å². The molecule has 39 heavy (non-hydrogen) atoms. The first-order chi connectivity index (χ1) is 19.1. The van der Waals surface area contributed by atoms with Crippen LogP contribution in [0.4, 0.5) is 0 Å². The molecule has 0 nitrogen and oxygen atoms in total. The van der Waals surface area contributed by atoms with Gasteiger partial charge in [0.05, 0.1) is 0 Å². The van der Waals surface area contributed by atoms with E-state index in [2.05, 4.69) is 147 Å². The quantitative estimate of drug-likeness (QED) is 0.209. The summed E-state index contributed by atoms with van der Waals surface area (Å²) in [5.74, 6) is 0. The number of fused-ring (bicyclic) bond motifs is 9. The van der Waals surface area contributed by atoms with Gasteiger partial charge in [0.1, 0.15) is 0 Å². The number of hydrogen-bond acceptors (Lipinski definition) is 0.